The molecule has 0 aliphatic heterocycles. The van der Waals surface area contributed by atoms with Crippen LogP contribution in [0.5, 0.6) is 0 Å². The number of nitrogens with one attached hydrogen (secondary N) is 1. The van der Waals surface area contributed by atoms with Crippen molar-refractivity contribution in [2.45, 2.75) is 39.0 Å². The first kappa shape index (κ1) is 28.4. The molecule has 0 saturated heterocycles. The largest absolute Gasteiger partial charge is 0.416 e. The molecule has 0 radical (unpaired) electrons. The van der Waals surface area contributed by atoms with Crippen LogP contribution in [0.15, 0.2) is 42.5 Å². The maximum atomic E-state index is 13.5. The van der Waals surface area contributed by atoms with Crippen LogP contribution >= 0.6 is 11.6 Å². The van der Waals surface area contributed by atoms with Crippen molar-refractivity contribution in [3.63, 3.8) is 0 Å². The third kappa shape index (κ3) is 7.35. The lowest BCUT2D eigenvalue weighted by Gasteiger charge is -2.33. The second-order valence-corrected chi connectivity index (χ2v) is 10.3. The van der Waals surface area contributed by atoms with Gasteiger partial charge in [-0.25, -0.2) is 8.42 Å². The number of hydrogen-bond acceptors (Lipinski definition) is 4. The van der Waals surface area contributed by atoms with E-state index >= 15 is 0 Å². The molecule has 192 valence electrons. The Balaban J connectivity index is 2.54. The number of carbonyl (C=O) groups is 2. The molecule has 0 saturated carbocycles. The molecule has 0 aliphatic rings. The summed E-state index contributed by atoms with van der Waals surface area (Å²) in [6.45, 7) is 2.68. The van der Waals surface area contributed by atoms with Crippen LogP contribution in [0.3, 0.4) is 0 Å². The average Bonchev–Trinajstić information content (AvgIpc) is 2.76. The third-order valence-electron chi connectivity index (χ3n) is 5.29. The van der Waals surface area contributed by atoms with Crippen molar-refractivity contribution in [3.05, 3.63) is 64.2 Å². The van der Waals surface area contributed by atoms with Gasteiger partial charge in [0, 0.05) is 13.6 Å². The fourth-order valence-corrected chi connectivity index (χ4v) is 4.69. The predicted molar refractivity (Wildman–Crippen MR) is 129 cm³/mol. The minimum atomic E-state index is -4.75. The quantitative estimate of drug-likeness (QED) is 0.528. The van der Waals surface area contributed by atoms with Gasteiger partial charge < -0.3 is 10.2 Å². The summed E-state index contributed by atoms with van der Waals surface area (Å²) in [4.78, 5) is 27.2. The number of likely N-dealkylation sites (N-methyl/N-ethyl adjacent to an activating group) is 1. The van der Waals surface area contributed by atoms with Crippen LogP contribution in [0, 0.1) is 6.92 Å². The topological polar surface area (TPSA) is 86.8 Å². The molecule has 0 fully saturated rings. The van der Waals surface area contributed by atoms with Gasteiger partial charge in [-0.05, 0) is 37.1 Å². The van der Waals surface area contributed by atoms with Crippen LogP contribution in [0.25, 0.3) is 0 Å². The summed E-state index contributed by atoms with van der Waals surface area (Å²) in [5.41, 5.74) is 0.00682. The predicted octanol–water partition coefficient (Wildman–Crippen LogP) is 3.99. The van der Waals surface area contributed by atoms with E-state index in [0.717, 1.165) is 24.0 Å². The minimum absolute atomic E-state index is 0.0135. The van der Waals surface area contributed by atoms with Crippen molar-refractivity contribution < 1.29 is 31.2 Å². The molecule has 35 heavy (non-hydrogen) atoms. The van der Waals surface area contributed by atoms with Gasteiger partial charge in [0.15, 0.2) is 0 Å². The highest BCUT2D eigenvalue weighted by Gasteiger charge is 2.35. The molecular weight excluding hydrogens is 507 g/mol. The van der Waals surface area contributed by atoms with E-state index in [1.54, 1.807) is 19.1 Å². The summed E-state index contributed by atoms with van der Waals surface area (Å²) in [5, 5.41) is 2.21. The maximum absolute atomic E-state index is 13.5. The summed E-state index contributed by atoms with van der Waals surface area (Å²) in [6, 6.07) is 8.48. The highest BCUT2D eigenvalue weighted by molar-refractivity contribution is 7.92. The molecule has 1 unspecified atom stereocenters. The van der Waals surface area contributed by atoms with Gasteiger partial charge in [-0.3, -0.25) is 13.9 Å². The van der Waals surface area contributed by atoms with E-state index in [-0.39, 0.29) is 18.0 Å². The van der Waals surface area contributed by atoms with Crippen LogP contribution in [0.2, 0.25) is 5.02 Å². The molecular formula is C23H27ClF3N3O4S. The zero-order valence-corrected chi connectivity index (χ0v) is 21.3. The number of rotatable bonds is 9. The lowest BCUT2D eigenvalue weighted by Crippen LogP contribution is -2.51. The number of aryl methyl sites for hydroxylation is 1. The van der Waals surface area contributed by atoms with Gasteiger partial charge in [-0.15, -0.1) is 0 Å². The number of sulfonamides is 1. The number of halogens is 4. The number of amides is 2. The summed E-state index contributed by atoms with van der Waals surface area (Å²) >= 11 is 6.06. The smallest absolute Gasteiger partial charge is 0.357 e. The molecule has 2 aromatic carbocycles. The number of benzene rings is 2. The van der Waals surface area contributed by atoms with E-state index in [4.69, 9.17) is 11.6 Å². The lowest BCUT2D eigenvalue weighted by molar-refractivity contribution is -0.140. The Hall–Kier alpha value is -2.79. The molecule has 2 amide bonds. The average molecular weight is 534 g/mol. The van der Waals surface area contributed by atoms with Gasteiger partial charge in [-0.1, -0.05) is 48.4 Å². The molecule has 7 nitrogen and oxygen atoms in total. The minimum Gasteiger partial charge on any atom is -0.357 e. The van der Waals surface area contributed by atoms with Crippen LogP contribution in [0.1, 0.15) is 30.0 Å². The number of alkyl halides is 3. The standard InChI is InChI=1S/C23H27ClF3N3O4S/c1-5-19(22(32)28-3)29(13-16-8-6-7-15(2)11-16)21(31)14-30(35(4,33)34)20-12-17(23(25,26)27)9-10-18(20)24/h6-12,19H,5,13-14H2,1-4H3,(H,28,32). The first-order valence-electron chi connectivity index (χ1n) is 10.6. The first-order valence-corrected chi connectivity index (χ1v) is 12.8. The summed E-state index contributed by atoms with van der Waals surface area (Å²) < 4.78 is 65.5. The van der Waals surface area contributed by atoms with Crippen molar-refractivity contribution in [3.8, 4) is 0 Å². The van der Waals surface area contributed by atoms with Crippen molar-refractivity contribution in [1.82, 2.24) is 10.2 Å². The van der Waals surface area contributed by atoms with Crippen LogP contribution in [0.4, 0.5) is 18.9 Å². The van der Waals surface area contributed by atoms with Crippen molar-refractivity contribution in [1.29, 1.82) is 0 Å². The monoisotopic (exact) mass is 533 g/mol. The van der Waals surface area contributed by atoms with E-state index in [0.29, 0.717) is 15.9 Å². The summed E-state index contributed by atoms with van der Waals surface area (Å²) in [7, 11) is -2.83. The molecule has 2 aromatic rings. The van der Waals surface area contributed by atoms with Gasteiger partial charge in [0.05, 0.1) is 22.5 Å². The van der Waals surface area contributed by atoms with Crippen LogP contribution < -0.4 is 9.62 Å². The van der Waals surface area contributed by atoms with E-state index in [1.807, 2.05) is 19.1 Å². The highest BCUT2D eigenvalue weighted by atomic mass is 35.5. The van der Waals surface area contributed by atoms with E-state index in [2.05, 4.69) is 5.32 Å². The molecule has 0 spiro atoms. The fraction of sp³-hybridized carbons (Fsp3) is 0.391. The number of nitrogens with zero attached hydrogens (tertiary/aromatic N) is 2. The first-order chi connectivity index (χ1) is 16.2. The number of anilines is 1. The number of hydrogen-bond donors (Lipinski definition) is 1. The maximum Gasteiger partial charge on any atom is 0.416 e. The van der Waals surface area contributed by atoms with Crippen LogP contribution in [-0.4, -0.2) is 51.0 Å². The van der Waals surface area contributed by atoms with E-state index in [9.17, 15) is 31.2 Å². The van der Waals surface area contributed by atoms with Crippen LogP contribution in [-0.2, 0) is 32.3 Å². The molecule has 0 aliphatic carbocycles. The lowest BCUT2D eigenvalue weighted by atomic mass is 10.1. The summed E-state index contributed by atoms with van der Waals surface area (Å²) in [5.74, 6) is -1.24. The van der Waals surface area contributed by atoms with Gasteiger partial charge in [0.25, 0.3) is 0 Å². The van der Waals surface area contributed by atoms with E-state index in [1.165, 1.54) is 11.9 Å². The normalized spacial score (nSPS) is 12.7. The Kier molecular flexibility index (Phi) is 9.18. The zero-order valence-electron chi connectivity index (χ0n) is 19.7. The second-order valence-electron chi connectivity index (χ2n) is 7.98. The molecule has 1 atom stereocenters. The van der Waals surface area contributed by atoms with Gasteiger partial charge >= 0.3 is 6.18 Å². The Morgan fingerprint density at radius 1 is 1.14 bits per heavy atom. The molecule has 2 rings (SSSR count). The highest BCUT2D eigenvalue weighted by Crippen LogP contribution is 2.36. The Morgan fingerprint density at radius 3 is 2.31 bits per heavy atom. The van der Waals surface area contributed by atoms with Gasteiger partial charge in [-0.2, -0.15) is 13.2 Å². The molecule has 12 heteroatoms. The van der Waals surface area contributed by atoms with E-state index < -0.39 is 51.9 Å². The van der Waals surface area contributed by atoms with Crippen molar-refractivity contribution in [2.75, 3.05) is 24.2 Å². The molecule has 0 bridgehead atoms. The second kappa shape index (κ2) is 11.3. The van der Waals surface area contributed by atoms with Gasteiger partial charge in [0.1, 0.15) is 12.6 Å². The Labute approximate surface area is 207 Å². The van der Waals surface area contributed by atoms with Crippen molar-refractivity contribution in [2.24, 2.45) is 0 Å². The third-order valence-corrected chi connectivity index (χ3v) is 6.74. The molecule has 0 heterocycles. The van der Waals surface area contributed by atoms with Crippen molar-refractivity contribution >= 4 is 39.1 Å². The molecule has 0 aromatic heterocycles. The summed E-state index contributed by atoms with van der Waals surface area (Å²) in [6.07, 6.45) is -3.77. The molecule has 1 N–H and O–H groups in total. The Morgan fingerprint density at radius 2 is 1.80 bits per heavy atom. The zero-order chi connectivity index (χ0) is 26.6. The van der Waals surface area contributed by atoms with Gasteiger partial charge in [0.2, 0.25) is 21.8 Å². The fourth-order valence-electron chi connectivity index (χ4n) is 3.57. The SMILES string of the molecule is CCC(C(=O)NC)N(Cc1cccc(C)c1)C(=O)CN(c1cc(C(F)(F)F)ccc1Cl)S(C)(=O)=O. The Bertz CT molecular complexity index is 1190. The number of carbonyl (C=O) groups excluding carboxylic acids is 2.